The molecular weight excluding hydrogens is 292 g/mol. The minimum Gasteiger partial charge on any atom is -0.494 e. The second-order valence-electron chi connectivity index (χ2n) is 4.99. The number of benzene rings is 1. The van der Waals surface area contributed by atoms with Gasteiger partial charge in [0.1, 0.15) is 5.75 Å². The number of anilines is 1. The molecule has 0 spiro atoms. The molecule has 1 saturated heterocycles. The van der Waals surface area contributed by atoms with Gasteiger partial charge >= 0.3 is 0 Å². The number of nitrogens with one attached hydrogen (secondary N) is 1. The molecule has 3 nitrogen and oxygen atoms in total. The Balaban J connectivity index is 2.56. The molecule has 0 atom stereocenters. The standard InChI is InChI=1S/C14H21BrN2O/c1-8-9(2)14(18-5)13(10(3)12(8)15)17(4)11-6-16-7-11/h11,16H,6-7H2,1-5H3. The fourth-order valence-electron chi connectivity index (χ4n) is 2.47. The Labute approximate surface area is 118 Å². The topological polar surface area (TPSA) is 24.5 Å². The highest BCUT2D eigenvalue weighted by atomic mass is 79.9. The Bertz CT molecular complexity index is 470. The van der Waals surface area contributed by atoms with E-state index in [1.807, 2.05) is 0 Å². The molecule has 0 aromatic heterocycles. The summed E-state index contributed by atoms with van der Waals surface area (Å²) in [4.78, 5) is 2.34. The van der Waals surface area contributed by atoms with Crippen molar-refractivity contribution in [3.63, 3.8) is 0 Å². The second-order valence-corrected chi connectivity index (χ2v) is 5.79. The lowest BCUT2D eigenvalue weighted by atomic mass is 10.0. The highest BCUT2D eigenvalue weighted by molar-refractivity contribution is 9.10. The first-order chi connectivity index (χ1) is 8.49. The maximum absolute atomic E-state index is 5.65. The minimum atomic E-state index is 0.562. The molecule has 0 saturated carbocycles. The molecule has 1 aromatic carbocycles. The summed E-state index contributed by atoms with van der Waals surface area (Å²) in [6.07, 6.45) is 0. The van der Waals surface area contributed by atoms with E-state index in [0.717, 1.165) is 18.8 Å². The van der Waals surface area contributed by atoms with Crippen molar-refractivity contribution in [3.05, 3.63) is 21.2 Å². The van der Waals surface area contributed by atoms with Gasteiger partial charge in [-0.2, -0.15) is 0 Å². The summed E-state index contributed by atoms with van der Waals surface area (Å²) in [5.41, 5.74) is 4.93. The maximum atomic E-state index is 5.65. The lowest BCUT2D eigenvalue weighted by Gasteiger charge is -2.39. The average Bonchev–Trinajstić information content (AvgIpc) is 2.28. The number of rotatable bonds is 3. The normalized spacial score (nSPS) is 15.4. The molecule has 4 heteroatoms. The zero-order chi connectivity index (χ0) is 13.4. The molecule has 1 aliphatic rings. The van der Waals surface area contributed by atoms with Gasteiger partial charge < -0.3 is 15.0 Å². The van der Waals surface area contributed by atoms with E-state index in [9.17, 15) is 0 Å². The van der Waals surface area contributed by atoms with Crippen LogP contribution < -0.4 is 15.0 Å². The zero-order valence-electron chi connectivity index (χ0n) is 11.7. The van der Waals surface area contributed by atoms with Crippen LogP contribution >= 0.6 is 15.9 Å². The van der Waals surface area contributed by atoms with Gasteiger partial charge in [-0.3, -0.25) is 0 Å². The lowest BCUT2D eigenvalue weighted by molar-refractivity contribution is 0.397. The number of hydrogen-bond acceptors (Lipinski definition) is 3. The summed E-state index contributed by atoms with van der Waals surface area (Å²) in [6.45, 7) is 8.49. The fraction of sp³-hybridized carbons (Fsp3) is 0.571. The first-order valence-corrected chi connectivity index (χ1v) is 7.05. The van der Waals surface area contributed by atoms with Gasteiger partial charge in [0.15, 0.2) is 0 Å². The Hall–Kier alpha value is -0.740. The zero-order valence-corrected chi connectivity index (χ0v) is 13.3. The van der Waals surface area contributed by atoms with Crippen LogP contribution in [0, 0.1) is 20.8 Å². The van der Waals surface area contributed by atoms with Crippen molar-refractivity contribution < 1.29 is 4.74 Å². The van der Waals surface area contributed by atoms with Crippen molar-refractivity contribution >= 4 is 21.6 Å². The van der Waals surface area contributed by atoms with Crippen molar-refractivity contribution in [2.75, 3.05) is 32.1 Å². The van der Waals surface area contributed by atoms with Crippen LogP contribution in [0.15, 0.2) is 4.47 Å². The Kier molecular flexibility index (Phi) is 3.87. The lowest BCUT2D eigenvalue weighted by Crippen LogP contribution is -2.56. The molecule has 1 fully saturated rings. The molecule has 0 unspecified atom stereocenters. The number of likely N-dealkylation sites (N-methyl/N-ethyl adjacent to an activating group) is 1. The van der Waals surface area contributed by atoms with Crippen LogP contribution in [0.4, 0.5) is 5.69 Å². The monoisotopic (exact) mass is 312 g/mol. The van der Waals surface area contributed by atoms with E-state index in [1.54, 1.807) is 7.11 Å². The summed E-state index contributed by atoms with van der Waals surface area (Å²) < 4.78 is 6.84. The third-order valence-electron chi connectivity index (χ3n) is 4.00. The average molecular weight is 313 g/mol. The number of hydrogen-bond donors (Lipinski definition) is 1. The first-order valence-electron chi connectivity index (χ1n) is 6.25. The molecular formula is C14H21BrN2O. The smallest absolute Gasteiger partial charge is 0.145 e. The van der Waals surface area contributed by atoms with Crippen LogP contribution in [0.1, 0.15) is 16.7 Å². The fourth-order valence-corrected chi connectivity index (χ4v) is 2.96. The molecule has 1 N–H and O–H groups in total. The van der Waals surface area contributed by atoms with Crippen LogP contribution in [-0.2, 0) is 0 Å². The maximum Gasteiger partial charge on any atom is 0.145 e. The van der Waals surface area contributed by atoms with Gasteiger partial charge in [-0.05, 0) is 37.5 Å². The Morgan fingerprint density at radius 3 is 2.22 bits per heavy atom. The molecule has 1 aromatic rings. The molecule has 100 valence electrons. The largest absolute Gasteiger partial charge is 0.494 e. The predicted molar refractivity (Wildman–Crippen MR) is 80.0 cm³/mol. The summed E-state index contributed by atoms with van der Waals surface area (Å²) in [6, 6.07) is 0.562. The molecule has 0 amide bonds. The number of nitrogens with zero attached hydrogens (tertiary/aromatic N) is 1. The number of ether oxygens (including phenoxy) is 1. The van der Waals surface area contributed by atoms with E-state index in [0.29, 0.717) is 6.04 Å². The summed E-state index contributed by atoms with van der Waals surface area (Å²) in [7, 11) is 3.91. The molecule has 1 aliphatic heterocycles. The number of halogens is 1. The minimum absolute atomic E-state index is 0.562. The summed E-state index contributed by atoms with van der Waals surface area (Å²) in [5.74, 6) is 1.00. The first kappa shape index (κ1) is 13.7. The highest BCUT2D eigenvalue weighted by Crippen LogP contribution is 2.42. The van der Waals surface area contributed by atoms with Crippen molar-refractivity contribution in [3.8, 4) is 5.75 Å². The van der Waals surface area contributed by atoms with Gasteiger partial charge in [0.05, 0.1) is 18.8 Å². The molecule has 0 radical (unpaired) electrons. The molecule has 0 bridgehead atoms. The van der Waals surface area contributed by atoms with E-state index >= 15 is 0 Å². The number of methoxy groups -OCH3 is 1. The second kappa shape index (κ2) is 5.10. The Morgan fingerprint density at radius 1 is 1.17 bits per heavy atom. The van der Waals surface area contributed by atoms with Gasteiger partial charge in [-0.15, -0.1) is 0 Å². The van der Waals surface area contributed by atoms with Crippen molar-refractivity contribution in [2.45, 2.75) is 26.8 Å². The van der Waals surface area contributed by atoms with Gasteiger partial charge in [0.2, 0.25) is 0 Å². The van der Waals surface area contributed by atoms with Crippen LogP contribution in [0.2, 0.25) is 0 Å². The van der Waals surface area contributed by atoms with E-state index < -0.39 is 0 Å². The molecule has 0 aliphatic carbocycles. The van der Waals surface area contributed by atoms with Crippen LogP contribution in [0.25, 0.3) is 0 Å². The van der Waals surface area contributed by atoms with Crippen molar-refractivity contribution in [1.82, 2.24) is 5.32 Å². The third kappa shape index (κ3) is 2.01. The van der Waals surface area contributed by atoms with E-state index in [1.165, 1.54) is 26.9 Å². The Morgan fingerprint density at radius 2 is 1.78 bits per heavy atom. The van der Waals surface area contributed by atoms with Crippen LogP contribution in [-0.4, -0.2) is 33.3 Å². The van der Waals surface area contributed by atoms with Crippen LogP contribution in [0.5, 0.6) is 5.75 Å². The predicted octanol–water partition coefficient (Wildman–Crippen LogP) is 2.79. The quantitative estimate of drug-likeness (QED) is 0.929. The summed E-state index contributed by atoms with van der Waals surface area (Å²) >= 11 is 3.70. The molecule has 2 rings (SSSR count). The van der Waals surface area contributed by atoms with Crippen molar-refractivity contribution in [1.29, 1.82) is 0 Å². The van der Waals surface area contributed by atoms with Gasteiger partial charge in [0, 0.05) is 24.6 Å². The van der Waals surface area contributed by atoms with Gasteiger partial charge in [-0.1, -0.05) is 15.9 Å². The third-order valence-corrected chi connectivity index (χ3v) is 5.19. The molecule has 18 heavy (non-hydrogen) atoms. The van der Waals surface area contributed by atoms with E-state index in [-0.39, 0.29) is 0 Å². The van der Waals surface area contributed by atoms with Crippen LogP contribution in [0.3, 0.4) is 0 Å². The highest BCUT2D eigenvalue weighted by Gasteiger charge is 2.27. The van der Waals surface area contributed by atoms with Crippen molar-refractivity contribution in [2.24, 2.45) is 0 Å². The SMILES string of the molecule is COc1c(C)c(C)c(Br)c(C)c1N(C)C1CNC1. The van der Waals surface area contributed by atoms with E-state index in [4.69, 9.17) is 4.74 Å². The summed E-state index contributed by atoms with van der Waals surface area (Å²) in [5, 5.41) is 3.32. The molecule has 1 heterocycles. The van der Waals surface area contributed by atoms with Gasteiger partial charge in [0.25, 0.3) is 0 Å². The van der Waals surface area contributed by atoms with Gasteiger partial charge in [-0.25, -0.2) is 0 Å². The van der Waals surface area contributed by atoms with E-state index in [2.05, 4.69) is 54.0 Å².